The summed E-state index contributed by atoms with van der Waals surface area (Å²) < 4.78 is 5.61. The van der Waals surface area contributed by atoms with Crippen molar-refractivity contribution in [2.75, 3.05) is 27.2 Å². The number of halogens is 1. The molecule has 1 aliphatic heterocycles. The number of aliphatic imine (C=N–C) groups is 1. The van der Waals surface area contributed by atoms with Gasteiger partial charge in [0.25, 0.3) is 0 Å². The summed E-state index contributed by atoms with van der Waals surface area (Å²) in [5, 5.41) is 4.13. The van der Waals surface area contributed by atoms with Gasteiger partial charge in [0.15, 0.2) is 5.96 Å². The zero-order valence-electron chi connectivity index (χ0n) is 12.1. The van der Waals surface area contributed by atoms with Crippen LogP contribution in [0.2, 0.25) is 5.02 Å². The molecule has 1 aliphatic rings. The van der Waals surface area contributed by atoms with Crippen LogP contribution in [0.25, 0.3) is 0 Å². The molecule has 0 spiro atoms. The summed E-state index contributed by atoms with van der Waals surface area (Å²) in [4.78, 5) is 6.41. The Morgan fingerprint density at radius 1 is 1.45 bits per heavy atom. The fourth-order valence-corrected chi connectivity index (χ4v) is 2.46. The molecule has 1 aromatic rings. The van der Waals surface area contributed by atoms with Crippen molar-refractivity contribution < 1.29 is 4.74 Å². The van der Waals surface area contributed by atoms with Crippen LogP contribution in [-0.4, -0.2) is 44.2 Å². The standard InChI is InChI=1S/C15H22ClN3O/c1-17-15(18-10-14-4-3-9-20-14)19(2)11-12-5-7-13(16)8-6-12/h5-8,14H,3-4,9-11H2,1-2H3,(H,17,18). The fraction of sp³-hybridized carbons (Fsp3) is 0.533. The van der Waals surface area contributed by atoms with Crippen molar-refractivity contribution in [3.63, 3.8) is 0 Å². The van der Waals surface area contributed by atoms with Crippen molar-refractivity contribution in [3.05, 3.63) is 34.9 Å². The zero-order valence-corrected chi connectivity index (χ0v) is 12.9. The second kappa shape index (κ2) is 7.50. The summed E-state index contributed by atoms with van der Waals surface area (Å²) in [6, 6.07) is 7.89. The van der Waals surface area contributed by atoms with E-state index in [0.29, 0.717) is 6.10 Å². The minimum Gasteiger partial charge on any atom is -0.376 e. The van der Waals surface area contributed by atoms with Crippen molar-refractivity contribution in [1.29, 1.82) is 0 Å². The van der Waals surface area contributed by atoms with E-state index in [9.17, 15) is 0 Å². The van der Waals surface area contributed by atoms with Gasteiger partial charge in [-0.25, -0.2) is 0 Å². The Morgan fingerprint density at radius 2 is 2.20 bits per heavy atom. The lowest BCUT2D eigenvalue weighted by molar-refractivity contribution is 0.113. The number of nitrogens with zero attached hydrogens (tertiary/aromatic N) is 2. The Morgan fingerprint density at radius 3 is 2.80 bits per heavy atom. The molecule has 1 heterocycles. The van der Waals surface area contributed by atoms with Gasteiger partial charge in [-0.3, -0.25) is 4.99 Å². The molecular weight excluding hydrogens is 274 g/mol. The van der Waals surface area contributed by atoms with Crippen LogP contribution in [0.5, 0.6) is 0 Å². The van der Waals surface area contributed by atoms with Crippen LogP contribution in [0.3, 0.4) is 0 Å². The third-order valence-corrected chi connectivity index (χ3v) is 3.67. The van der Waals surface area contributed by atoms with Gasteiger partial charge >= 0.3 is 0 Å². The molecule has 2 rings (SSSR count). The molecule has 5 heteroatoms. The minimum atomic E-state index is 0.315. The monoisotopic (exact) mass is 295 g/mol. The van der Waals surface area contributed by atoms with Crippen LogP contribution in [0.4, 0.5) is 0 Å². The molecule has 0 amide bonds. The quantitative estimate of drug-likeness (QED) is 0.685. The highest BCUT2D eigenvalue weighted by Crippen LogP contribution is 2.12. The first-order valence-electron chi connectivity index (χ1n) is 6.97. The Balaban J connectivity index is 1.84. The van der Waals surface area contributed by atoms with Gasteiger partial charge in [-0.15, -0.1) is 0 Å². The van der Waals surface area contributed by atoms with Crippen molar-refractivity contribution in [1.82, 2.24) is 10.2 Å². The molecule has 0 aromatic heterocycles. The minimum absolute atomic E-state index is 0.315. The predicted octanol–water partition coefficient (Wildman–Crippen LogP) is 2.53. The number of hydrogen-bond acceptors (Lipinski definition) is 2. The Hall–Kier alpha value is -1.26. The molecule has 1 saturated heterocycles. The molecule has 4 nitrogen and oxygen atoms in total. The van der Waals surface area contributed by atoms with E-state index in [1.165, 1.54) is 5.56 Å². The molecule has 110 valence electrons. The fourth-order valence-electron chi connectivity index (χ4n) is 2.33. The molecule has 1 unspecified atom stereocenters. The van der Waals surface area contributed by atoms with Gasteiger partial charge in [-0.1, -0.05) is 23.7 Å². The maximum Gasteiger partial charge on any atom is 0.193 e. The van der Waals surface area contributed by atoms with E-state index in [2.05, 4.69) is 15.2 Å². The molecular formula is C15H22ClN3O. The Bertz CT molecular complexity index is 441. The average Bonchev–Trinajstić information content (AvgIpc) is 2.95. The number of guanidine groups is 1. The lowest BCUT2D eigenvalue weighted by Gasteiger charge is -2.23. The number of nitrogens with one attached hydrogen (secondary N) is 1. The van der Waals surface area contributed by atoms with E-state index in [4.69, 9.17) is 16.3 Å². The van der Waals surface area contributed by atoms with E-state index in [1.807, 2.05) is 31.3 Å². The maximum atomic E-state index is 5.90. The van der Waals surface area contributed by atoms with Crippen LogP contribution >= 0.6 is 11.6 Å². The van der Waals surface area contributed by atoms with E-state index in [0.717, 1.165) is 43.5 Å². The summed E-state index contributed by atoms with van der Waals surface area (Å²) in [5.74, 6) is 0.885. The summed E-state index contributed by atoms with van der Waals surface area (Å²) in [6.45, 7) is 2.49. The van der Waals surface area contributed by atoms with Crippen LogP contribution < -0.4 is 5.32 Å². The largest absolute Gasteiger partial charge is 0.376 e. The zero-order chi connectivity index (χ0) is 14.4. The summed E-state index contributed by atoms with van der Waals surface area (Å²) in [7, 11) is 3.83. The molecule has 20 heavy (non-hydrogen) atoms. The number of hydrogen-bond donors (Lipinski definition) is 1. The van der Waals surface area contributed by atoms with Crippen molar-refractivity contribution in [2.45, 2.75) is 25.5 Å². The summed E-state index contributed by atoms with van der Waals surface area (Å²) in [5.41, 5.74) is 1.21. The van der Waals surface area contributed by atoms with Gasteiger partial charge in [0.05, 0.1) is 6.10 Å². The van der Waals surface area contributed by atoms with Gasteiger partial charge < -0.3 is 15.0 Å². The molecule has 1 fully saturated rings. The van der Waals surface area contributed by atoms with E-state index in [-0.39, 0.29) is 0 Å². The van der Waals surface area contributed by atoms with E-state index >= 15 is 0 Å². The topological polar surface area (TPSA) is 36.9 Å². The summed E-state index contributed by atoms with van der Waals surface area (Å²) in [6.07, 6.45) is 2.60. The van der Waals surface area contributed by atoms with E-state index < -0.39 is 0 Å². The lowest BCUT2D eigenvalue weighted by atomic mass is 10.2. The smallest absolute Gasteiger partial charge is 0.193 e. The lowest BCUT2D eigenvalue weighted by Crippen LogP contribution is -2.41. The molecule has 0 bridgehead atoms. The van der Waals surface area contributed by atoms with Gasteiger partial charge in [0, 0.05) is 38.8 Å². The number of rotatable bonds is 4. The number of benzene rings is 1. The van der Waals surface area contributed by atoms with Gasteiger partial charge in [0.1, 0.15) is 0 Å². The van der Waals surface area contributed by atoms with Crippen LogP contribution in [0.15, 0.2) is 29.3 Å². The first-order valence-corrected chi connectivity index (χ1v) is 7.34. The molecule has 1 atom stereocenters. The normalized spacial score (nSPS) is 19.1. The SMILES string of the molecule is CN=C(NCC1CCCO1)N(C)Cc1ccc(Cl)cc1. The third kappa shape index (κ3) is 4.39. The first-order chi connectivity index (χ1) is 9.69. The molecule has 1 aromatic carbocycles. The molecule has 0 saturated carbocycles. The molecule has 0 radical (unpaired) electrons. The summed E-state index contributed by atoms with van der Waals surface area (Å²) >= 11 is 5.90. The highest BCUT2D eigenvalue weighted by atomic mass is 35.5. The van der Waals surface area contributed by atoms with Crippen molar-refractivity contribution >= 4 is 17.6 Å². The van der Waals surface area contributed by atoms with Gasteiger partial charge in [0.2, 0.25) is 0 Å². The highest BCUT2D eigenvalue weighted by Gasteiger charge is 2.16. The molecule has 0 aliphatic carbocycles. The van der Waals surface area contributed by atoms with Crippen molar-refractivity contribution in [2.24, 2.45) is 4.99 Å². The second-order valence-corrected chi connectivity index (χ2v) is 5.48. The Labute approximate surface area is 125 Å². The van der Waals surface area contributed by atoms with Gasteiger partial charge in [-0.2, -0.15) is 0 Å². The Kier molecular flexibility index (Phi) is 5.68. The highest BCUT2D eigenvalue weighted by molar-refractivity contribution is 6.30. The van der Waals surface area contributed by atoms with Gasteiger partial charge in [-0.05, 0) is 30.5 Å². The van der Waals surface area contributed by atoms with Crippen molar-refractivity contribution in [3.8, 4) is 0 Å². The third-order valence-electron chi connectivity index (χ3n) is 3.42. The van der Waals surface area contributed by atoms with Crippen LogP contribution in [0.1, 0.15) is 18.4 Å². The molecule has 1 N–H and O–H groups in total. The van der Waals surface area contributed by atoms with E-state index in [1.54, 1.807) is 7.05 Å². The average molecular weight is 296 g/mol. The van der Waals surface area contributed by atoms with Crippen LogP contribution in [0, 0.1) is 0 Å². The maximum absolute atomic E-state index is 5.90. The van der Waals surface area contributed by atoms with Crippen LogP contribution in [-0.2, 0) is 11.3 Å². The second-order valence-electron chi connectivity index (χ2n) is 5.05. The first kappa shape index (κ1) is 15.1. The predicted molar refractivity (Wildman–Crippen MR) is 83.3 cm³/mol. The number of ether oxygens (including phenoxy) is 1.